The van der Waals surface area contributed by atoms with E-state index in [0.717, 1.165) is 38.5 Å². The number of benzene rings is 1. The van der Waals surface area contributed by atoms with Gasteiger partial charge in [0.2, 0.25) is 0 Å². The van der Waals surface area contributed by atoms with E-state index in [0.29, 0.717) is 12.8 Å². The van der Waals surface area contributed by atoms with Gasteiger partial charge in [-0.25, -0.2) is 8.42 Å². The molecule has 0 heterocycles. The summed E-state index contributed by atoms with van der Waals surface area (Å²) in [6, 6.07) is 7.75. The molecule has 0 spiro atoms. The standard InChI is InChI=1S/C22H39NO5PS/c1-3-5-7-9-11-16-20-27-29(24,28-21-17-12-10-8-6-4-2)23-30(25,26)22-18-14-13-15-19-22/h13-15,18-19H,3-12,16-17,20-21H2,1-2H3/q-1. The van der Waals surface area contributed by atoms with Crippen LogP contribution in [0.2, 0.25) is 0 Å². The molecular formula is C22H39NO5PS-. The predicted molar refractivity (Wildman–Crippen MR) is 123 cm³/mol. The van der Waals surface area contributed by atoms with Gasteiger partial charge >= 0.3 is 0 Å². The highest BCUT2D eigenvalue weighted by Gasteiger charge is 2.19. The van der Waals surface area contributed by atoms with Crippen molar-refractivity contribution in [1.82, 2.24) is 0 Å². The molecule has 0 aliphatic rings. The van der Waals surface area contributed by atoms with Crippen LogP contribution in [0.25, 0.3) is 4.49 Å². The van der Waals surface area contributed by atoms with Gasteiger partial charge in [-0.15, -0.1) is 0 Å². The summed E-state index contributed by atoms with van der Waals surface area (Å²) < 4.78 is 52.6. The molecule has 0 saturated heterocycles. The van der Waals surface area contributed by atoms with Crippen LogP contribution in [0.4, 0.5) is 0 Å². The molecule has 6 nitrogen and oxygen atoms in total. The Balaban J connectivity index is 2.58. The van der Waals surface area contributed by atoms with Gasteiger partial charge in [0.05, 0.1) is 13.2 Å². The highest BCUT2D eigenvalue weighted by Crippen LogP contribution is 2.57. The van der Waals surface area contributed by atoms with Crippen LogP contribution in [0.3, 0.4) is 0 Å². The predicted octanol–water partition coefficient (Wildman–Crippen LogP) is 7.61. The van der Waals surface area contributed by atoms with Crippen LogP contribution in [-0.4, -0.2) is 21.6 Å². The average molecular weight is 461 g/mol. The first-order valence-electron chi connectivity index (χ1n) is 11.4. The monoisotopic (exact) mass is 460 g/mol. The lowest BCUT2D eigenvalue weighted by Gasteiger charge is -2.30. The Bertz CT molecular complexity index is 675. The normalized spacial score (nSPS) is 12.3. The molecule has 0 aliphatic carbocycles. The molecule has 174 valence electrons. The molecule has 0 amide bonds. The van der Waals surface area contributed by atoms with E-state index in [1.54, 1.807) is 18.2 Å². The maximum Gasteiger partial charge on any atom is 0.253 e. The van der Waals surface area contributed by atoms with Crippen LogP contribution in [0.15, 0.2) is 35.2 Å². The fourth-order valence-electron chi connectivity index (χ4n) is 2.98. The first kappa shape index (κ1) is 27.3. The lowest BCUT2D eigenvalue weighted by atomic mass is 10.1. The van der Waals surface area contributed by atoms with Crippen molar-refractivity contribution in [2.45, 2.75) is 95.8 Å². The van der Waals surface area contributed by atoms with E-state index in [-0.39, 0.29) is 18.1 Å². The Labute approximate surface area is 183 Å². The van der Waals surface area contributed by atoms with E-state index < -0.39 is 17.8 Å². The van der Waals surface area contributed by atoms with Gasteiger partial charge in [0.1, 0.15) is 10.0 Å². The second kappa shape index (κ2) is 16.0. The summed E-state index contributed by atoms with van der Waals surface area (Å²) in [5.41, 5.74) is 0. The first-order chi connectivity index (χ1) is 14.4. The molecule has 30 heavy (non-hydrogen) atoms. The number of nitrogens with zero attached hydrogens (tertiary/aromatic N) is 1. The number of hydrogen-bond acceptors (Lipinski definition) is 5. The zero-order chi connectivity index (χ0) is 22.1. The van der Waals surface area contributed by atoms with Crippen LogP contribution in [0.1, 0.15) is 90.9 Å². The van der Waals surface area contributed by atoms with Crippen molar-refractivity contribution in [3.63, 3.8) is 0 Å². The molecule has 0 fully saturated rings. The fraction of sp³-hybridized carbons (Fsp3) is 0.727. The zero-order valence-corrected chi connectivity index (χ0v) is 20.3. The third-order valence-electron chi connectivity index (χ3n) is 4.75. The molecule has 0 bridgehead atoms. The Morgan fingerprint density at radius 3 is 1.63 bits per heavy atom. The summed E-state index contributed by atoms with van der Waals surface area (Å²) in [4.78, 5) is -0.0171. The van der Waals surface area contributed by atoms with Crippen molar-refractivity contribution in [2.75, 3.05) is 13.2 Å². The van der Waals surface area contributed by atoms with Gasteiger partial charge in [-0.2, -0.15) is 0 Å². The Hall–Kier alpha value is -0.720. The van der Waals surface area contributed by atoms with Crippen molar-refractivity contribution in [2.24, 2.45) is 0 Å². The molecule has 1 aromatic carbocycles. The second-order valence-corrected chi connectivity index (χ2v) is 11.1. The largest absolute Gasteiger partial charge is 0.438 e. The van der Waals surface area contributed by atoms with Crippen LogP contribution in [0, 0.1) is 0 Å². The number of unbranched alkanes of at least 4 members (excludes halogenated alkanes) is 10. The maximum atomic E-state index is 13.1. The van der Waals surface area contributed by atoms with Gasteiger partial charge in [-0.3, -0.25) is 4.57 Å². The molecule has 0 saturated carbocycles. The molecule has 8 heteroatoms. The maximum absolute atomic E-state index is 13.1. The minimum absolute atomic E-state index is 0.0171. The number of hydrogen-bond donors (Lipinski definition) is 0. The van der Waals surface area contributed by atoms with Crippen LogP contribution >= 0.6 is 7.75 Å². The molecule has 1 rings (SSSR count). The zero-order valence-electron chi connectivity index (χ0n) is 18.6. The Kier molecular flexibility index (Phi) is 14.6. The lowest BCUT2D eigenvalue weighted by Crippen LogP contribution is -2.05. The average Bonchev–Trinajstić information content (AvgIpc) is 2.73. The molecule has 0 atom stereocenters. The van der Waals surface area contributed by atoms with Crippen molar-refractivity contribution < 1.29 is 22.0 Å². The van der Waals surface area contributed by atoms with Crippen molar-refractivity contribution in [3.8, 4) is 0 Å². The topological polar surface area (TPSA) is 83.8 Å². The summed E-state index contributed by atoms with van der Waals surface area (Å²) in [6.45, 7) is 4.67. The van der Waals surface area contributed by atoms with E-state index in [9.17, 15) is 13.0 Å². The van der Waals surface area contributed by atoms with Crippen LogP contribution in [-0.2, 0) is 23.6 Å². The Morgan fingerprint density at radius 1 is 0.733 bits per heavy atom. The summed E-state index contributed by atoms with van der Waals surface area (Å²) >= 11 is 0. The van der Waals surface area contributed by atoms with E-state index >= 15 is 0 Å². The minimum atomic E-state index is -4.12. The van der Waals surface area contributed by atoms with Crippen molar-refractivity contribution in [3.05, 3.63) is 34.8 Å². The smallest absolute Gasteiger partial charge is 0.253 e. The fourth-order valence-corrected chi connectivity index (χ4v) is 6.08. The van der Waals surface area contributed by atoms with E-state index in [4.69, 9.17) is 9.05 Å². The quantitative estimate of drug-likeness (QED) is 0.157. The number of sulfonamides is 1. The van der Waals surface area contributed by atoms with Gasteiger partial charge in [-0.05, 0) is 25.0 Å². The molecule has 1 aromatic rings. The van der Waals surface area contributed by atoms with E-state index in [1.807, 2.05) is 0 Å². The van der Waals surface area contributed by atoms with Crippen LogP contribution in [0.5, 0.6) is 0 Å². The van der Waals surface area contributed by atoms with Gasteiger partial charge in [0, 0.05) is 4.90 Å². The number of rotatable bonds is 19. The summed E-state index contributed by atoms with van der Waals surface area (Å²) in [7, 11) is -8.21. The highest BCUT2D eigenvalue weighted by atomic mass is 32.2. The minimum Gasteiger partial charge on any atom is -0.438 e. The third kappa shape index (κ3) is 12.2. The van der Waals surface area contributed by atoms with Gasteiger partial charge in [-0.1, -0.05) is 96.3 Å². The molecule has 0 unspecified atom stereocenters. The molecule has 0 aliphatic heterocycles. The van der Waals surface area contributed by atoms with Gasteiger partial charge < -0.3 is 13.5 Å². The van der Waals surface area contributed by atoms with Gasteiger partial charge in [0.25, 0.3) is 7.75 Å². The summed E-state index contributed by atoms with van der Waals surface area (Å²) in [5.74, 6) is 0. The molecule has 0 N–H and O–H groups in total. The molecule has 0 radical (unpaired) electrons. The SMILES string of the molecule is CCCCCCCCOP(=O)([N-]S(=O)(=O)c1ccccc1)OCCCCCCCC. The van der Waals surface area contributed by atoms with Gasteiger partial charge in [0.15, 0.2) is 0 Å². The van der Waals surface area contributed by atoms with Crippen LogP contribution < -0.4 is 0 Å². The second-order valence-electron chi connectivity index (χ2n) is 7.54. The van der Waals surface area contributed by atoms with Crippen molar-refractivity contribution in [1.29, 1.82) is 0 Å². The van der Waals surface area contributed by atoms with E-state index in [2.05, 4.69) is 18.3 Å². The Morgan fingerprint density at radius 2 is 1.17 bits per heavy atom. The first-order valence-corrected chi connectivity index (χ1v) is 14.3. The highest BCUT2D eigenvalue weighted by molar-refractivity contribution is 8.01. The summed E-state index contributed by atoms with van der Waals surface area (Å²) in [6.07, 6.45) is 12.5. The molecule has 0 aromatic heterocycles. The molecular weight excluding hydrogens is 421 g/mol. The third-order valence-corrected chi connectivity index (χ3v) is 8.30. The van der Waals surface area contributed by atoms with Crippen molar-refractivity contribution >= 4 is 17.8 Å². The summed E-state index contributed by atoms with van der Waals surface area (Å²) in [5, 5.41) is 0. The van der Waals surface area contributed by atoms with E-state index in [1.165, 1.54) is 37.8 Å². The lowest BCUT2D eigenvalue weighted by molar-refractivity contribution is 0.204.